The fourth-order valence-electron chi connectivity index (χ4n) is 5.59. The highest BCUT2D eigenvalue weighted by atomic mass is 19.1. The molecule has 2 amide bonds. The number of aromatic amines is 1. The summed E-state index contributed by atoms with van der Waals surface area (Å²) < 4.78 is 25.0. The van der Waals surface area contributed by atoms with E-state index in [1.54, 1.807) is 30.3 Å². The molecule has 1 aliphatic heterocycles. The Hall–Kier alpha value is -4.33. The van der Waals surface area contributed by atoms with E-state index in [2.05, 4.69) is 10.3 Å². The van der Waals surface area contributed by atoms with Crippen LogP contribution in [0.3, 0.4) is 0 Å². The van der Waals surface area contributed by atoms with Gasteiger partial charge in [-0.25, -0.2) is 4.39 Å². The lowest BCUT2D eigenvalue weighted by atomic mass is 9.94. The van der Waals surface area contributed by atoms with Crippen molar-refractivity contribution in [1.29, 1.82) is 0 Å². The zero-order valence-electron chi connectivity index (χ0n) is 21.5. The maximum Gasteiger partial charge on any atom is 0.248 e. The number of nitrogens with one attached hydrogen (secondary N) is 2. The van der Waals surface area contributed by atoms with Gasteiger partial charge in [0.1, 0.15) is 11.9 Å². The molecule has 1 aliphatic carbocycles. The zero-order chi connectivity index (χ0) is 26.8. The summed E-state index contributed by atoms with van der Waals surface area (Å²) in [6.45, 7) is 0.0889. The Balaban J connectivity index is 1.42. The van der Waals surface area contributed by atoms with Gasteiger partial charge < -0.3 is 19.8 Å². The standard InChI is InChI=1S/C31H30FN3O4/c32-22-12-10-20(11-13-22)30(31(37)34-23-6-2-1-3-7-23)35(24-14-15-27-28(17-24)39-19-38-27)29(36)16-21-18-33-26-9-5-4-8-25(21)26/h4-5,8-15,17-18,23,30,33H,1-3,6-7,16,19H2,(H,34,37)/t30-/m1/s1. The minimum Gasteiger partial charge on any atom is -0.454 e. The number of aromatic nitrogens is 1. The average molecular weight is 528 g/mol. The van der Waals surface area contributed by atoms with E-state index in [1.807, 2.05) is 30.5 Å². The lowest BCUT2D eigenvalue weighted by molar-refractivity contribution is -0.127. The lowest BCUT2D eigenvalue weighted by Gasteiger charge is -2.33. The van der Waals surface area contributed by atoms with Gasteiger partial charge >= 0.3 is 0 Å². The van der Waals surface area contributed by atoms with Crippen molar-refractivity contribution in [3.05, 3.63) is 89.9 Å². The molecule has 2 aliphatic rings. The molecule has 0 unspecified atom stereocenters. The molecular weight excluding hydrogens is 497 g/mol. The second-order valence-electron chi connectivity index (χ2n) is 10.1. The number of ether oxygens (including phenoxy) is 2. The van der Waals surface area contributed by atoms with Crippen molar-refractivity contribution in [2.75, 3.05) is 11.7 Å². The maximum atomic E-state index is 14.2. The number of hydrogen-bond acceptors (Lipinski definition) is 4. The summed E-state index contributed by atoms with van der Waals surface area (Å²) >= 11 is 0. The Labute approximate surface area is 225 Å². The molecule has 1 fully saturated rings. The van der Waals surface area contributed by atoms with Gasteiger partial charge in [0.2, 0.25) is 18.6 Å². The molecule has 1 saturated carbocycles. The van der Waals surface area contributed by atoms with Crippen molar-refractivity contribution < 1.29 is 23.5 Å². The van der Waals surface area contributed by atoms with Crippen LogP contribution in [0.4, 0.5) is 10.1 Å². The molecule has 7 nitrogen and oxygen atoms in total. The number of nitrogens with zero attached hydrogens (tertiary/aromatic N) is 1. The summed E-state index contributed by atoms with van der Waals surface area (Å²) in [7, 11) is 0. The van der Waals surface area contributed by atoms with Gasteiger partial charge in [0.15, 0.2) is 11.5 Å². The van der Waals surface area contributed by atoms with Crippen molar-refractivity contribution in [3.63, 3.8) is 0 Å². The fourth-order valence-corrected chi connectivity index (χ4v) is 5.59. The molecule has 6 rings (SSSR count). The topological polar surface area (TPSA) is 83.7 Å². The molecule has 1 atom stereocenters. The Kier molecular flexibility index (Phi) is 6.92. The van der Waals surface area contributed by atoms with Crippen molar-refractivity contribution in [1.82, 2.24) is 10.3 Å². The first-order valence-corrected chi connectivity index (χ1v) is 13.4. The first kappa shape index (κ1) is 25.0. The highest BCUT2D eigenvalue weighted by Gasteiger charge is 2.35. The molecule has 4 aromatic rings. The van der Waals surface area contributed by atoms with Crippen LogP contribution in [-0.2, 0) is 16.0 Å². The number of rotatable bonds is 7. The van der Waals surface area contributed by atoms with Crippen molar-refractivity contribution in [2.45, 2.75) is 50.6 Å². The molecule has 200 valence electrons. The molecule has 8 heteroatoms. The largest absolute Gasteiger partial charge is 0.454 e. The minimum atomic E-state index is -1.01. The van der Waals surface area contributed by atoms with Crippen LogP contribution in [0.2, 0.25) is 0 Å². The summed E-state index contributed by atoms with van der Waals surface area (Å²) in [6.07, 6.45) is 6.95. The van der Waals surface area contributed by atoms with E-state index in [1.165, 1.54) is 17.0 Å². The van der Waals surface area contributed by atoms with Gasteiger partial charge in [0.25, 0.3) is 0 Å². The first-order valence-electron chi connectivity index (χ1n) is 13.4. The van der Waals surface area contributed by atoms with Crippen LogP contribution >= 0.6 is 0 Å². The van der Waals surface area contributed by atoms with Gasteiger partial charge in [0.05, 0.1) is 6.42 Å². The Morgan fingerprint density at radius 3 is 2.56 bits per heavy atom. The average Bonchev–Trinajstić information content (AvgIpc) is 3.59. The smallest absolute Gasteiger partial charge is 0.248 e. The van der Waals surface area contributed by atoms with E-state index in [-0.39, 0.29) is 31.1 Å². The first-order chi connectivity index (χ1) is 19.1. The van der Waals surface area contributed by atoms with E-state index in [0.29, 0.717) is 22.7 Å². The summed E-state index contributed by atoms with van der Waals surface area (Å²) in [4.78, 5) is 33.0. The third-order valence-corrected chi connectivity index (χ3v) is 7.56. The van der Waals surface area contributed by atoms with Crippen LogP contribution in [0, 0.1) is 5.82 Å². The number of fused-ring (bicyclic) bond motifs is 2. The van der Waals surface area contributed by atoms with Crippen molar-refractivity contribution in [2.24, 2.45) is 0 Å². The number of para-hydroxylation sites is 1. The SMILES string of the molecule is O=C(NC1CCCCC1)[C@@H](c1ccc(F)cc1)N(C(=O)Cc1c[nH]c2ccccc12)c1ccc2c(c1)OCO2. The Morgan fingerprint density at radius 2 is 1.74 bits per heavy atom. The van der Waals surface area contributed by atoms with Crippen LogP contribution < -0.4 is 19.7 Å². The van der Waals surface area contributed by atoms with Crippen molar-refractivity contribution in [3.8, 4) is 11.5 Å². The van der Waals surface area contributed by atoms with Crippen LogP contribution in [0.15, 0.2) is 72.9 Å². The molecule has 0 spiro atoms. The predicted molar refractivity (Wildman–Crippen MR) is 146 cm³/mol. The summed E-state index contributed by atoms with van der Waals surface area (Å²) in [5.41, 5.74) is 2.78. The monoisotopic (exact) mass is 527 g/mol. The van der Waals surface area contributed by atoms with Crippen LogP contribution in [0.25, 0.3) is 10.9 Å². The number of amides is 2. The lowest BCUT2D eigenvalue weighted by Crippen LogP contribution is -2.47. The van der Waals surface area contributed by atoms with E-state index in [9.17, 15) is 14.0 Å². The van der Waals surface area contributed by atoms with Crippen LogP contribution in [0.1, 0.15) is 49.3 Å². The second-order valence-corrected chi connectivity index (χ2v) is 10.1. The van der Waals surface area contributed by atoms with Gasteiger partial charge in [-0.2, -0.15) is 0 Å². The van der Waals surface area contributed by atoms with Crippen LogP contribution in [0.5, 0.6) is 11.5 Å². The number of benzene rings is 3. The van der Waals surface area contributed by atoms with E-state index >= 15 is 0 Å². The third-order valence-electron chi connectivity index (χ3n) is 7.56. The number of carbonyl (C=O) groups excluding carboxylic acids is 2. The van der Waals surface area contributed by atoms with Gasteiger partial charge in [-0.05, 0) is 54.3 Å². The highest BCUT2D eigenvalue weighted by Crippen LogP contribution is 2.39. The van der Waals surface area contributed by atoms with E-state index in [0.717, 1.165) is 48.6 Å². The molecule has 39 heavy (non-hydrogen) atoms. The van der Waals surface area contributed by atoms with Crippen molar-refractivity contribution >= 4 is 28.4 Å². The molecule has 2 heterocycles. The second kappa shape index (κ2) is 10.8. The van der Waals surface area contributed by atoms with Gasteiger partial charge in [-0.15, -0.1) is 0 Å². The Bertz CT molecular complexity index is 1490. The quantitative estimate of drug-likeness (QED) is 0.318. The van der Waals surface area contributed by atoms with Gasteiger partial charge in [0, 0.05) is 34.9 Å². The molecule has 3 aromatic carbocycles. The number of halogens is 1. The number of anilines is 1. The van der Waals surface area contributed by atoms with Crippen LogP contribution in [-0.4, -0.2) is 29.6 Å². The van der Waals surface area contributed by atoms with E-state index in [4.69, 9.17) is 9.47 Å². The molecule has 0 radical (unpaired) electrons. The number of carbonyl (C=O) groups is 2. The highest BCUT2D eigenvalue weighted by molar-refractivity contribution is 6.03. The van der Waals surface area contributed by atoms with Gasteiger partial charge in [-0.3, -0.25) is 14.5 Å². The normalized spacial score (nSPS) is 15.7. The zero-order valence-corrected chi connectivity index (χ0v) is 21.5. The fraction of sp³-hybridized carbons (Fsp3) is 0.290. The molecule has 1 aromatic heterocycles. The maximum absolute atomic E-state index is 14.2. The molecule has 2 N–H and O–H groups in total. The molecule has 0 bridgehead atoms. The van der Waals surface area contributed by atoms with Gasteiger partial charge in [-0.1, -0.05) is 49.6 Å². The molecular formula is C31H30FN3O4. The van der Waals surface area contributed by atoms with E-state index < -0.39 is 11.9 Å². The summed E-state index contributed by atoms with van der Waals surface area (Å²) in [6, 6.07) is 17.8. The molecule has 0 saturated heterocycles. The summed E-state index contributed by atoms with van der Waals surface area (Å²) in [5.74, 6) is 0.103. The predicted octanol–water partition coefficient (Wildman–Crippen LogP) is 5.80. The summed E-state index contributed by atoms with van der Waals surface area (Å²) in [5, 5.41) is 4.14. The number of H-pyrrole nitrogens is 1. The third kappa shape index (κ3) is 5.19. The number of hydrogen-bond donors (Lipinski definition) is 2. The minimum absolute atomic E-state index is 0.0384. The Morgan fingerprint density at radius 1 is 0.974 bits per heavy atom.